The molecule has 1 nitrogen and oxygen atoms in total. The van der Waals surface area contributed by atoms with Crippen LogP contribution in [0, 0.1) is 0 Å². The maximum atomic E-state index is 10.3. The van der Waals surface area contributed by atoms with Gasteiger partial charge in [0.15, 0.2) is 0 Å². The average molecular weight is 266 g/mol. The molecule has 0 amide bonds. The van der Waals surface area contributed by atoms with Crippen molar-refractivity contribution in [3.05, 3.63) is 71.3 Å². The molecule has 0 aromatic heterocycles. The van der Waals surface area contributed by atoms with Gasteiger partial charge in [-0.25, -0.2) is 0 Å². The fourth-order valence-electron chi connectivity index (χ4n) is 3.01. The van der Waals surface area contributed by atoms with Crippen molar-refractivity contribution in [2.45, 2.75) is 44.1 Å². The van der Waals surface area contributed by atoms with Crippen LogP contribution in [0.1, 0.15) is 54.4 Å². The first-order valence-electron chi connectivity index (χ1n) is 7.65. The molecule has 3 rings (SSSR count). The lowest BCUT2D eigenvalue weighted by Crippen LogP contribution is -2.11. The molecular weight excluding hydrogens is 244 g/mol. The molecule has 0 aliphatic heterocycles. The number of aryl methyl sites for hydroxylation is 1. The maximum absolute atomic E-state index is 10.3. The van der Waals surface area contributed by atoms with Gasteiger partial charge in [0.05, 0.1) is 6.10 Å². The van der Waals surface area contributed by atoms with Crippen molar-refractivity contribution in [3.8, 4) is 0 Å². The minimum atomic E-state index is -0.356. The molecule has 2 aromatic carbocycles. The Morgan fingerprint density at radius 1 is 0.950 bits per heavy atom. The SMILES string of the molecule is OC(CCc1ccccc1C1CCC1)c1ccccc1. The largest absolute Gasteiger partial charge is 0.388 e. The third-order valence-corrected chi connectivity index (χ3v) is 4.47. The van der Waals surface area contributed by atoms with E-state index in [1.807, 2.05) is 30.3 Å². The zero-order valence-electron chi connectivity index (χ0n) is 11.8. The summed E-state index contributed by atoms with van der Waals surface area (Å²) in [6, 6.07) is 18.7. The molecule has 0 heterocycles. The molecule has 1 aliphatic rings. The van der Waals surface area contributed by atoms with E-state index in [0.29, 0.717) is 0 Å². The fourth-order valence-corrected chi connectivity index (χ4v) is 3.01. The predicted molar refractivity (Wildman–Crippen MR) is 82.8 cm³/mol. The second-order valence-corrected chi connectivity index (χ2v) is 5.79. The van der Waals surface area contributed by atoms with Crippen LogP contribution < -0.4 is 0 Å². The number of hydrogen-bond acceptors (Lipinski definition) is 1. The highest BCUT2D eigenvalue weighted by molar-refractivity contribution is 5.32. The van der Waals surface area contributed by atoms with Crippen LogP contribution in [0.4, 0.5) is 0 Å². The van der Waals surface area contributed by atoms with Gasteiger partial charge in [-0.05, 0) is 48.3 Å². The highest BCUT2D eigenvalue weighted by Crippen LogP contribution is 2.38. The minimum Gasteiger partial charge on any atom is -0.388 e. The molecule has 0 saturated heterocycles. The summed E-state index contributed by atoms with van der Waals surface area (Å²) in [5.74, 6) is 0.764. The van der Waals surface area contributed by atoms with Gasteiger partial charge in [0.25, 0.3) is 0 Å². The van der Waals surface area contributed by atoms with E-state index in [9.17, 15) is 5.11 Å². The maximum Gasteiger partial charge on any atom is 0.0793 e. The van der Waals surface area contributed by atoms with Gasteiger partial charge in [-0.3, -0.25) is 0 Å². The molecule has 20 heavy (non-hydrogen) atoms. The van der Waals surface area contributed by atoms with Crippen molar-refractivity contribution >= 4 is 0 Å². The van der Waals surface area contributed by atoms with Gasteiger partial charge in [0, 0.05) is 0 Å². The summed E-state index contributed by atoms with van der Waals surface area (Å²) < 4.78 is 0. The van der Waals surface area contributed by atoms with Crippen LogP contribution in [0.15, 0.2) is 54.6 Å². The lowest BCUT2D eigenvalue weighted by molar-refractivity contribution is 0.167. The first kappa shape index (κ1) is 13.4. The van der Waals surface area contributed by atoms with E-state index >= 15 is 0 Å². The Morgan fingerprint density at radius 3 is 2.35 bits per heavy atom. The van der Waals surface area contributed by atoms with Gasteiger partial charge in [-0.1, -0.05) is 61.0 Å². The van der Waals surface area contributed by atoms with E-state index in [0.717, 1.165) is 24.3 Å². The molecule has 0 spiro atoms. The molecule has 1 atom stereocenters. The lowest BCUT2D eigenvalue weighted by Gasteiger charge is -2.28. The summed E-state index contributed by atoms with van der Waals surface area (Å²) in [5, 5.41) is 10.3. The van der Waals surface area contributed by atoms with E-state index < -0.39 is 0 Å². The van der Waals surface area contributed by atoms with Gasteiger partial charge >= 0.3 is 0 Å². The monoisotopic (exact) mass is 266 g/mol. The molecule has 2 aromatic rings. The number of hydrogen-bond donors (Lipinski definition) is 1. The molecule has 1 N–H and O–H groups in total. The topological polar surface area (TPSA) is 20.2 Å². The van der Waals surface area contributed by atoms with E-state index in [1.165, 1.54) is 30.4 Å². The predicted octanol–water partition coefficient (Wildman–Crippen LogP) is 4.62. The summed E-state index contributed by atoms with van der Waals surface area (Å²) in [5.41, 5.74) is 3.96. The minimum absolute atomic E-state index is 0.356. The Kier molecular flexibility index (Phi) is 4.17. The molecule has 1 saturated carbocycles. The van der Waals surface area contributed by atoms with Crippen molar-refractivity contribution in [1.29, 1.82) is 0 Å². The van der Waals surface area contributed by atoms with Crippen LogP contribution >= 0.6 is 0 Å². The number of aliphatic hydroxyl groups excluding tert-OH is 1. The Hall–Kier alpha value is -1.60. The van der Waals surface area contributed by atoms with Crippen molar-refractivity contribution < 1.29 is 5.11 Å². The van der Waals surface area contributed by atoms with Crippen LogP contribution in [-0.4, -0.2) is 5.11 Å². The Bertz CT molecular complexity index is 543. The molecule has 1 aliphatic carbocycles. The van der Waals surface area contributed by atoms with Crippen LogP contribution in [0.2, 0.25) is 0 Å². The van der Waals surface area contributed by atoms with Crippen LogP contribution in [-0.2, 0) is 6.42 Å². The number of aliphatic hydroxyl groups is 1. The van der Waals surface area contributed by atoms with Crippen molar-refractivity contribution in [2.75, 3.05) is 0 Å². The zero-order valence-corrected chi connectivity index (χ0v) is 11.8. The quantitative estimate of drug-likeness (QED) is 0.837. The summed E-state index contributed by atoms with van der Waals surface area (Å²) in [7, 11) is 0. The van der Waals surface area contributed by atoms with Crippen LogP contribution in [0.25, 0.3) is 0 Å². The third kappa shape index (κ3) is 2.94. The summed E-state index contributed by atoms with van der Waals surface area (Å²) >= 11 is 0. The average Bonchev–Trinajstić information content (AvgIpc) is 2.45. The normalized spacial score (nSPS) is 16.6. The van der Waals surface area contributed by atoms with Crippen LogP contribution in [0.3, 0.4) is 0 Å². The molecule has 1 unspecified atom stereocenters. The van der Waals surface area contributed by atoms with Gasteiger partial charge < -0.3 is 5.11 Å². The molecule has 1 heteroatoms. The molecule has 0 bridgehead atoms. The lowest BCUT2D eigenvalue weighted by atomic mass is 9.77. The first-order chi connectivity index (χ1) is 9.84. The highest BCUT2D eigenvalue weighted by atomic mass is 16.3. The first-order valence-corrected chi connectivity index (χ1v) is 7.65. The van der Waals surface area contributed by atoms with Crippen LogP contribution in [0.5, 0.6) is 0 Å². The molecule has 104 valence electrons. The number of rotatable bonds is 5. The zero-order chi connectivity index (χ0) is 13.8. The Labute approximate surface area is 121 Å². The second kappa shape index (κ2) is 6.23. The molecule has 1 fully saturated rings. The Balaban J connectivity index is 1.66. The van der Waals surface area contributed by atoms with Crippen molar-refractivity contribution in [3.63, 3.8) is 0 Å². The van der Waals surface area contributed by atoms with E-state index in [4.69, 9.17) is 0 Å². The summed E-state index contributed by atoms with van der Waals surface area (Å²) in [4.78, 5) is 0. The van der Waals surface area contributed by atoms with E-state index in [-0.39, 0.29) is 6.10 Å². The number of benzene rings is 2. The van der Waals surface area contributed by atoms with E-state index in [1.54, 1.807) is 0 Å². The van der Waals surface area contributed by atoms with E-state index in [2.05, 4.69) is 24.3 Å². The fraction of sp³-hybridized carbons (Fsp3) is 0.368. The smallest absolute Gasteiger partial charge is 0.0793 e. The third-order valence-electron chi connectivity index (χ3n) is 4.47. The highest BCUT2D eigenvalue weighted by Gasteiger charge is 2.21. The molecular formula is C19H22O. The van der Waals surface area contributed by atoms with Crippen molar-refractivity contribution in [2.24, 2.45) is 0 Å². The second-order valence-electron chi connectivity index (χ2n) is 5.79. The van der Waals surface area contributed by atoms with Gasteiger partial charge in [-0.15, -0.1) is 0 Å². The Morgan fingerprint density at radius 2 is 1.65 bits per heavy atom. The standard InChI is InChI=1S/C19H22O/c20-19(17-8-2-1-3-9-17)14-13-16-7-4-5-12-18(16)15-10-6-11-15/h1-5,7-9,12,15,19-20H,6,10-11,13-14H2. The summed E-state index contributed by atoms with van der Waals surface area (Å²) in [6.45, 7) is 0. The summed E-state index contributed by atoms with van der Waals surface area (Å²) in [6.07, 6.45) is 5.43. The molecule has 0 radical (unpaired) electrons. The van der Waals surface area contributed by atoms with Gasteiger partial charge in [-0.2, -0.15) is 0 Å². The van der Waals surface area contributed by atoms with Gasteiger partial charge in [0.1, 0.15) is 0 Å². The van der Waals surface area contributed by atoms with Gasteiger partial charge in [0.2, 0.25) is 0 Å². The van der Waals surface area contributed by atoms with Crippen molar-refractivity contribution in [1.82, 2.24) is 0 Å².